The minimum Gasteiger partial charge on any atom is -0.508 e. The van der Waals surface area contributed by atoms with Gasteiger partial charge in [-0.2, -0.15) is 5.10 Å². The summed E-state index contributed by atoms with van der Waals surface area (Å²) in [5.74, 6) is 0.259. The standard InChI is InChI=1S/C17H13ClN2O/c18-16-4-2-1-3-15(16)17-11-13(19-20-17)8-5-12-6-9-14(21)10-7-12/h1-11,21H,(H,19,20). The largest absolute Gasteiger partial charge is 0.508 e. The first-order valence-electron chi connectivity index (χ1n) is 6.50. The van der Waals surface area contributed by atoms with Gasteiger partial charge in [0.2, 0.25) is 0 Å². The number of rotatable bonds is 3. The molecule has 0 atom stereocenters. The summed E-state index contributed by atoms with van der Waals surface area (Å²) >= 11 is 6.16. The Morgan fingerprint density at radius 1 is 1.00 bits per heavy atom. The van der Waals surface area contributed by atoms with Gasteiger partial charge in [0.1, 0.15) is 5.75 Å². The topological polar surface area (TPSA) is 48.9 Å². The minimum atomic E-state index is 0.259. The van der Waals surface area contributed by atoms with Gasteiger partial charge in [-0.05, 0) is 35.9 Å². The number of H-pyrrole nitrogens is 1. The predicted molar refractivity (Wildman–Crippen MR) is 86.1 cm³/mol. The number of aromatic amines is 1. The fourth-order valence-electron chi connectivity index (χ4n) is 2.00. The van der Waals surface area contributed by atoms with Gasteiger partial charge in [-0.25, -0.2) is 0 Å². The third-order valence-electron chi connectivity index (χ3n) is 3.10. The quantitative estimate of drug-likeness (QED) is 0.741. The van der Waals surface area contributed by atoms with Crippen molar-refractivity contribution >= 4 is 23.8 Å². The van der Waals surface area contributed by atoms with Crippen molar-refractivity contribution < 1.29 is 5.11 Å². The van der Waals surface area contributed by atoms with Gasteiger partial charge in [0.15, 0.2) is 0 Å². The van der Waals surface area contributed by atoms with E-state index in [-0.39, 0.29) is 5.75 Å². The van der Waals surface area contributed by atoms with E-state index in [9.17, 15) is 5.11 Å². The molecule has 0 saturated carbocycles. The SMILES string of the molecule is Oc1ccc(C=Cc2cc(-c3ccccc3Cl)n[nH]2)cc1. The van der Waals surface area contributed by atoms with Gasteiger partial charge in [0, 0.05) is 5.56 Å². The zero-order valence-corrected chi connectivity index (χ0v) is 11.9. The third-order valence-corrected chi connectivity index (χ3v) is 3.43. The summed E-state index contributed by atoms with van der Waals surface area (Å²) in [4.78, 5) is 0. The van der Waals surface area contributed by atoms with Crippen LogP contribution in [0.3, 0.4) is 0 Å². The number of nitrogens with one attached hydrogen (secondary N) is 1. The van der Waals surface area contributed by atoms with Crippen molar-refractivity contribution in [1.82, 2.24) is 10.2 Å². The van der Waals surface area contributed by atoms with Crippen molar-refractivity contribution in [2.24, 2.45) is 0 Å². The third kappa shape index (κ3) is 3.15. The first-order valence-corrected chi connectivity index (χ1v) is 6.87. The summed E-state index contributed by atoms with van der Waals surface area (Å²) in [7, 11) is 0. The molecule has 3 nitrogen and oxygen atoms in total. The van der Waals surface area contributed by atoms with Crippen LogP contribution in [0.2, 0.25) is 5.02 Å². The number of aromatic nitrogens is 2. The second-order valence-corrected chi connectivity index (χ2v) is 5.02. The van der Waals surface area contributed by atoms with Crippen LogP contribution in [-0.2, 0) is 0 Å². The first-order chi connectivity index (χ1) is 10.2. The average Bonchev–Trinajstić information content (AvgIpc) is 2.96. The van der Waals surface area contributed by atoms with Crippen LogP contribution < -0.4 is 0 Å². The Labute approximate surface area is 127 Å². The van der Waals surface area contributed by atoms with Crippen LogP contribution in [0.1, 0.15) is 11.3 Å². The highest BCUT2D eigenvalue weighted by Gasteiger charge is 2.05. The van der Waals surface area contributed by atoms with Gasteiger partial charge in [0.05, 0.1) is 16.4 Å². The molecule has 0 fully saturated rings. The second kappa shape index (κ2) is 5.85. The zero-order valence-electron chi connectivity index (χ0n) is 11.1. The molecule has 3 rings (SSSR count). The molecule has 2 aromatic carbocycles. The molecule has 3 aromatic rings. The maximum atomic E-state index is 9.24. The Bertz CT molecular complexity index is 775. The molecule has 0 unspecified atom stereocenters. The first kappa shape index (κ1) is 13.5. The molecule has 0 spiro atoms. The van der Waals surface area contributed by atoms with E-state index in [1.807, 2.05) is 54.6 Å². The van der Waals surface area contributed by atoms with Crippen LogP contribution in [0.4, 0.5) is 0 Å². The molecule has 21 heavy (non-hydrogen) atoms. The van der Waals surface area contributed by atoms with Crippen LogP contribution in [-0.4, -0.2) is 15.3 Å². The highest BCUT2D eigenvalue weighted by Crippen LogP contribution is 2.26. The van der Waals surface area contributed by atoms with Crippen LogP contribution in [0.15, 0.2) is 54.6 Å². The number of phenols is 1. The molecule has 104 valence electrons. The molecule has 0 radical (unpaired) electrons. The van der Waals surface area contributed by atoms with Gasteiger partial charge in [-0.15, -0.1) is 0 Å². The Hall–Kier alpha value is -2.52. The van der Waals surface area contributed by atoms with Gasteiger partial charge in [-0.3, -0.25) is 5.10 Å². The molecule has 0 aliphatic carbocycles. The molecular formula is C17H13ClN2O. The molecule has 2 N–H and O–H groups in total. The maximum Gasteiger partial charge on any atom is 0.115 e. The highest BCUT2D eigenvalue weighted by atomic mass is 35.5. The Morgan fingerprint density at radius 2 is 1.76 bits per heavy atom. The summed E-state index contributed by atoms with van der Waals surface area (Å²) in [6.45, 7) is 0. The van der Waals surface area contributed by atoms with Gasteiger partial charge in [0.25, 0.3) is 0 Å². The number of hydrogen-bond acceptors (Lipinski definition) is 2. The van der Waals surface area contributed by atoms with E-state index in [0.717, 1.165) is 22.5 Å². The summed E-state index contributed by atoms with van der Waals surface area (Å²) < 4.78 is 0. The molecular weight excluding hydrogens is 284 g/mol. The fourth-order valence-corrected chi connectivity index (χ4v) is 2.23. The highest BCUT2D eigenvalue weighted by molar-refractivity contribution is 6.33. The van der Waals surface area contributed by atoms with E-state index in [4.69, 9.17) is 11.6 Å². The Morgan fingerprint density at radius 3 is 2.52 bits per heavy atom. The van der Waals surface area contributed by atoms with Gasteiger partial charge in [-0.1, -0.05) is 48.0 Å². The van der Waals surface area contributed by atoms with Crippen molar-refractivity contribution in [3.63, 3.8) is 0 Å². The number of hydrogen-bond donors (Lipinski definition) is 2. The lowest BCUT2D eigenvalue weighted by atomic mass is 10.1. The lowest BCUT2D eigenvalue weighted by Gasteiger charge is -1.97. The number of benzene rings is 2. The minimum absolute atomic E-state index is 0.259. The zero-order chi connectivity index (χ0) is 14.7. The summed E-state index contributed by atoms with van der Waals surface area (Å²) in [5.41, 5.74) is 3.60. The summed E-state index contributed by atoms with van der Waals surface area (Å²) in [6, 6.07) is 16.5. The molecule has 1 heterocycles. The van der Waals surface area contributed by atoms with Crippen molar-refractivity contribution in [3.05, 3.63) is 70.9 Å². The molecule has 0 aliphatic heterocycles. The number of phenolic OH excluding ortho intramolecular Hbond substituents is 1. The lowest BCUT2D eigenvalue weighted by molar-refractivity contribution is 0.475. The lowest BCUT2D eigenvalue weighted by Crippen LogP contribution is -1.78. The molecule has 0 saturated heterocycles. The Kier molecular flexibility index (Phi) is 3.75. The van der Waals surface area contributed by atoms with Crippen molar-refractivity contribution in [2.45, 2.75) is 0 Å². The molecule has 0 aliphatic rings. The molecule has 0 amide bonds. The molecule has 4 heteroatoms. The van der Waals surface area contributed by atoms with E-state index in [2.05, 4.69) is 10.2 Å². The van der Waals surface area contributed by atoms with Crippen molar-refractivity contribution in [1.29, 1.82) is 0 Å². The summed E-state index contributed by atoms with van der Waals surface area (Å²) in [6.07, 6.45) is 3.88. The number of nitrogens with zero attached hydrogens (tertiary/aromatic N) is 1. The summed E-state index contributed by atoms with van der Waals surface area (Å²) in [5, 5.41) is 17.2. The van der Waals surface area contributed by atoms with Crippen LogP contribution >= 0.6 is 11.6 Å². The van der Waals surface area contributed by atoms with Crippen LogP contribution in [0, 0.1) is 0 Å². The predicted octanol–water partition coefficient (Wildman–Crippen LogP) is 4.61. The number of aromatic hydroxyl groups is 1. The van der Waals surface area contributed by atoms with Crippen LogP contribution in [0.25, 0.3) is 23.4 Å². The van der Waals surface area contributed by atoms with E-state index in [0.29, 0.717) is 5.02 Å². The average molecular weight is 297 g/mol. The van der Waals surface area contributed by atoms with Crippen LogP contribution in [0.5, 0.6) is 5.75 Å². The van der Waals surface area contributed by atoms with Gasteiger partial charge < -0.3 is 5.11 Å². The van der Waals surface area contributed by atoms with E-state index in [1.165, 1.54) is 0 Å². The molecule has 1 aromatic heterocycles. The fraction of sp³-hybridized carbons (Fsp3) is 0. The van der Waals surface area contributed by atoms with Crippen molar-refractivity contribution in [2.75, 3.05) is 0 Å². The monoisotopic (exact) mass is 296 g/mol. The second-order valence-electron chi connectivity index (χ2n) is 4.61. The smallest absolute Gasteiger partial charge is 0.115 e. The normalized spacial score (nSPS) is 11.1. The molecule has 0 bridgehead atoms. The van der Waals surface area contributed by atoms with Crippen molar-refractivity contribution in [3.8, 4) is 17.0 Å². The Balaban J connectivity index is 1.82. The number of halogens is 1. The van der Waals surface area contributed by atoms with Gasteiger partial charge >= 0.3 is 0 Å². The van der Waals surface area contributed by atoms with E-state index in [1.54, 1.807) is 12.1 Å². The van der Waals surface area contributed by atoms with E-state index < -0.39 is 0 Å². The van der Waals surface area contributed by atoms with E-state index >= 15 is 0 Å². The maximum absolute atomic E-state index is 9.24.